The van der Waals surface area contributed by atoms with Crippen molar-refractivity contribution in [1.82, 2.24) is 5.32 Å². The highest BCUT2D eigenvalue weighted by Crippen LogP contribution is 2.22. The van der Waals surface area contributed by atoms with Gasteiger partial charge in [-0.25, -0.2) is 5.32 Å². The van der Waals surface area contributed by atoms with Gasteiger partial charge in [-0.2, -0.15) is 0 Å². The molecule has 65 valence electrons. The maximum Gasteiger partial charge on any atom is 0.0680 e. The summed E-state index contributed by atoms with van der Waals surface area (Å²) in [6, 6.07) is 0. The van der Waals surface area contributed by atoms with Crippen molar-refractivity contribution in [3.63, 3.8) is 0 Å². The molecule has 1 aliphatic rings. The van der Waals surface area contributed by atoms with E-state index in [1.807, 2.05) is 0 Å². The van der Waals surface area contributed by atoms with Gasteiger partial charge in [-0.3, -0.25) is 0 Å². The van der Waals surface area contributed by atoms with Crippen LogP contribution in [0.4, 0.5) is 0 Å². The van der Waals surface area contributed by atoms with Crippen LogP contribution >= 0.6 is 0 Å². The van der Waals surface area contributed by atoms with E-state index >= 15 is 0 Å². The summed E-state index contributed by atoms with van der Waals surface area (Å²) in [4.78, 5) is 0. The summed E-state index contributed by atoms with van der Waals surface area (Å²) >= 11 is 0. The molecule has 1 heterocycles. The normalized spacial score (nSPS) is 23.5. The van der Waals surface area contributed by atoms with Gasteiger partial charge in [0.25, 0.3) is 0 Å². The molecule has 0 aromatic rings. The van der Waals surface area contributed by atoms with Crippen molar-refractivity contribution in [2.24, 2.45) is 0 Å². The topological polar surface area (TPSA) is 23.3 Å². The summed E-state index contributed by atoms with van der Waals surface area (Å²) in [6.07, 6.45) is 3.33. The molecule has 0 aromatic heterocycles. The summed E-state index contributed by atoms with van der Waals surface area (Å²) in [5, 5.41) is 4.30. The highest BCUT2D eigenvalue weighted by atomic mass is 16.5. The summed E-state index contributed by atoms with van der Waals surface area (Å²) < 4.78 is 5.76. The molecule has 1 saturated heterocycles. The van der Waals surface area contributed by atoms with Crippen LogP contribution in [0, 0.1) is 0 Å². The van der Waals surface area contributed by atoms with E-state index in [4.69, 9.17) is 4.74 Å². The predicted octanol–water partition coefficient (Wildman–Crippen LogP) is 1.57. The van der Waals surface area contributed by atoms with Crippen molar-refractivity contribution < 1.29 is 4.74 Å². The predicted molar refractivity (Wildman–Crippen MR) is 45.8 cm³/mol. The van der Waals surface area contributed by atoms with E-state index in [1.54, 1.807) is 0 Å². The van der Waals surface area contributed by atoms with Gasteiger partial charge in [-0.15, -0.1) is 0 Å². The van der Waals surface area contributed by atoms with Crippen molar-refractivity contribution in [1.29, 1.82) is 0 Å². The molecule has 0 spiro atoms. The van der Waals surface area contributed by atoms with Gasteiger partial charge in [-0.05, 0) is 26.2 Å². The van der Waals surface area contributed by atoms with Crippen LogP contribution in [0.3, 0.4) is 0 Å². The second-order valence-electron chi connectivity index (χ2n) is 3.47. The standard InChI is InChI=1S/C9H18NO/c1-3-8-11-9(2)4-6-10-7-5-9/h3-8H2,1-2H3. The fourth-order valence-electron chi connectivity index (χ4n) is 1.36. The van der Waals surface area contributed by atoms with Crippen LogP contribution in [0.1, 0.15) is 33.1 Å². The van der Waals surface area contributed by atoms with E-state index in [0.717, 1.165) is 39.0 Å². The van der Waals surface area contributed by atoms with E-state index in [-0.39, 0.29) is 5.60 Å². The monoisotopic (exact) mass is 156 g/mol. The Labute approximate surface area is 69.3 Å². The molecule has 2 heteroatoms. The summed E-state index contributed by atoms with van der Waals surface area (Å²) in [5.41, 5.74) is 0.137. The van der Waals surface area contributed by atoms with Crippen LogP contribution in [-0.2, 0) is 4.74 Å². The average Bonchev–Trinajstić information content (AvgIpc) is 2.03. The molecule has 11 heavy (non-hydrogen) atoms. The van der Waals surface area contributed by atoms with Gasteiger partial charge >= 0.3 is 0 Å². The summed E-state index contributed by atoms with van der Waals surface area (Å²) in [5.74, 6) is 0. The number of hydrogen-bond donors (Lipinski definition) is 0. The van der Waals surface area contributed by atoms with Crippen molar-refractivity contribution in [3.05, 3.63) is 0 Å². The average molecular weight is 156 g/mol. The first-order valence-corrected chi connectivity index (χ1v) is 4.54. The maximum absolute atomic E-state index is 5.76. The Hall–Kier alpha value is -0.0800. The third-order valence-corrected chi connectivity index (χ3v) is 2.25. The number of ether oxygens (including phenoxy) is 1. The smallest absolute Gasteiger partial charge is 0.0680 e. The Kier molecular flexibility index (Phi) is 3.34. The zero-order chi connectivity index (χ0) is 8.16. The molecule has 1 aliphatic heterocycles. The van der Waals surface area contributed by atoms with Gasteiger partial charge < -0.3 is 4.74 Å². The molecule has 0 N–H and O–H groups in total. The third kappa shape index (κ3) is 2.80. The minimum Gasteiger partial charge on any atom is -0.375 e. The van der Waals surface area contributed by atoms with E-state index < -0.39 is 0 Å². The molecule has 0 aromatic carbocycles. The molecular formula is C9H18NO. The first-order chi connectivity index (χ1) is 5.27. The lowest BCUT2D eigenvalue weighted by atomic mass is 9.95. The number of nitrogens with zero attached hydrogens (tertiary/aromatic N) is 1. The SMILES string of the molecule is CCCOC1(C)CC[N]CC1. The van der Waals surface area contributed by atoms with Gasteiger partial charge in [-0.1, -0.05) is 6.92 Å². The van der Waals surface area contributed by atoms with E-state index in [0.29, 0.717) is 0 Å². The first kappa shape index (κ1) is 9.01. The highest BCUT2D eigenvalue weighted by molar-refractivity contribution is 4.81. The number of rotatable bonds is 3. The highest BCUT2D eigenvalue weighted by Gasteiger charge is 2.27. The molecular weight excluding hydrogens is 138 g/mol. The molecule has 1 rings (SSSR count). The lowest BCUT2D eigenvalue weighted by Gasteiger charge is -2.33. The molecule has 0 atom stereocenters. The van der Waals surface area contributed by atoms with Gasteiger partial charge in [0.05, 0.1) is 5.60 Å². The van der Waals surface area contributed by atoms with Crippen LogP contribution in [0.15, 0.2) is 0 Å². The lowest BCUT2D eigenvalue weighted by molar-refractivity contribution is -0.0516. The second kappa shape index (κ2) is 4.07. The minimum atomic E-state index is 0.137. The van der Waals surface area contributed by atoms with Crippen molar-refractivity contribution in [3.8, 4) is 0 Å². The van der Waals surface area contributed by atoms with Crippen LogP contribution in [-0.4, -0.2) is 25.3 Å². The van der Waals surface area contributed by atoms with Crippen LogP contribution < -0.4 is 5.32 Å². The molecule has 0 amide bonds. The largest absolute Gasteiger partial charge is 0.375 e. The van der Waals surface area contributed by atoms with Crippen molar-refractivity contribution in [2.75, 3.05) is 19.7 Å². The van der Waals surface area contributed by atoms with Crippen molar-refractivity contribution >= 4 is 0 Å². The number of piperidine rings is 1. The molecule has 2 nitrogen and oxygen atoms in total. The molecule has 1 fully saturated rings. The molecule has 1 radical (unpaired) electrons. The van der Waals surface area contributed by atoms with Crippen LogP contribution in [0.5, 0.6) is 0 Å². The number of hydrogen-bond acceptors (Lipinski definition) is 1. The van der Waals surface area contributed by atoms with Gasteiger partial charge in [0.1, 0.15) is 0 Å². The summed E-state index contributed by atoms with van der Waals surface area (Å²) in [6.45, 7) is 7.23. The summed E-state index contributed by atoms with van der Waals surface area (Å²) in [7, 11) is 0. The Morgan fingerprint density at radius 2 is 2.00 bits per heavy atom. The molecule has 0 unspecified atom stereocenters. The Morgan fingerprint density at radius 1 is 1.36 bits per heavy atom. The second-order valence-corrected chi connectivity index (χ2v) is 3.47. The van der Waals surface area contributed by atoms with Gasteiger partial charge in [0.15, 0.2) is 0 Å². The maximum atomic E-state index is 5.76. The third-order valence-electron chi connectivity index (χ3n) is 2.25. The van der Waals surface area contributed by atoms with Crippen LogP contribution in [0.25, 0.3) is 0 Å². The van der Waals surface area contributed by atoms with E-state index in [9.17, 15) is 0 Å². The Balaban J connectivity index is 2.25. The van der Waals surface area contributed by atoms with E-state index in [1.165, 1.54) is 0 Å². The molecule has 0 aliphatic carbocycles. The van der Waals surface area contributed by atoms with Gasteiger partial charge in [0, 0.05) is 19.7 Å². The minimum absolute atomic E-state index is 0.137. The first-order valence-electron chi connectivity index (χ1n) is 4.54. The Morgan fingerprint density at radius 3 is 2.55 bits per heavy atom. The fraction of sp³-hybridized carbons (Fsp3) is 1.00. The quantitative estimate of drug-likeness (QED) is 0.608. The van der Waals surface area contributed by atoms with E-state index in [2.05, 4.69) is 19.2 Å². The zero-order valence-corrected chi connectivity index (χ0v) is 7.60. The fourth-order valence-corrected chi connectivity index (χ4v) is 1.36. The van der Waals surface area contributed by atoms with Crippen molar-refractivity contribution in [2.45, 2.75) is 38.7 Å². The molecule has 0 saturated carbocycles. The van der Waals surface area contributed by atoms with Gasteiger partial charge in [0.2, 0.25) is 0 Å². The Bertz CT molecular complexity index is 108. The van der Waals surface area contributed by atoms with Crippen LogP contribution in [0.2, 0.25) is 0 Å². The lowest BCUT2D eigenvalue weighted by Crippen LogP contribution is -2.39. The molecule has 0 bridgehead atoms. The zero-order valence-electron chi connectivity index (χ0n) is 7.60.